The standard InChI is InChI=1S/C46H88NO8P/c1-6-8-10-12-14-16-18-20-22-23-25-27-29-31-33-35-37-39-46(49)55-44(43-54-56(50,51)53-41-40-47(3,4)5)42-52-45(48)38-36-34-32-30-28-26-24-21-19-17-15-13-11-9-7-2/h20-22,24,44H,6-19,23,25-43H2,1-5H3/b22-20-,24-21-. The first kappa shape index (κ1) is 54.5. The van der Waals surface area contributed by atoms with Crippen molar-refractivity contribution in [2.45, 2.75) is 213 Å². The highest BCUT2D eigenvalue weighted by Crippen LogP contribution is 2.38. The van der Waals surface area contributed by atoms with Crippen LogP contribution in [0.2, 0.25) is 0 Å². The molecule has 0 rings (SSSR count). The molecule has 0 aliphatic heterocycles. The quantitative estimate of drug-likeness (QED) is 0.0197. The van der Waals surface area contributed by atoms with Gasteiger partial charge in [-0.15, -0.1) is 0 Å². The Balaban J connectivity index is 4.34. The van der Waals surface area contributed by atoms with Crippen molar-refractivity contribution in [3.8, 4) is 0 Å². The summed E-state index contributed by atoms with van der Waals surface area (Å²) in [5.41, 5.74) is 0. The summed E-state index contributed by atoms with van der Waals surface area (Å²) in [4.78, 5) is 37.6. The molecular formula is C46H88NO8P. The van der Waals surface area contributed by atoms with Crippen LogP contribution in [0.25, 0.3) is 0 Å². The molecule has 2 atom stereocenters. The number of carbonyl (C=O) groups excluding carboxylic acids is 2. The average Bonchev–Trinajstić information content (AvgIpc) is 3.15. The molecule has 0 fully saturated rings. The van der Waals surface area contributed by atoms with Gasteiger partial charge in [0, 0.05) is 12.8 Å². The van der Waals surface area contributed by atoms with Crippen LogP contribution in [0.1, 0.15) is 206 Å². The van der Waals surface area contributed by atoms with Crippen molar-refractivity contribution in [2.75, 3.05) is 47.5 Å². The molecule has 56 heavy (non-hydrogen) atoms. The van der Waals surface area contributed by atoms with Crippen molar-refractivity contribution >= 4 is 19.8 Å². The Morgan fingerprint density at radius 3 is 1.32 bits per heavy atom. The second-order valence-corrected chi connectivity index (χ2v) is 18.2. The van der Waals surface area contributed by atoms with Gasteiger partial charge < -0.3 is 27.9 Å². The van der Waals surface area contributed by atoms with E-state index in [1.807, 2.05) is 21.1 Å². The molecule has 0 spiro atoms. The van der Waals surface area contributed by atoms with Crippen molar-refractivity contribution in [1.82, 2.24) is 0 Å². The fourth-order valence-electron chi connectivity index (χ4n) is 6.29. The lowest BCUT2D eigenvalue weighted by Gasteiger charge is -2.28. The van der Waals surface area contributed by atoms with E-state index in [9.17, 15) is 19.0 Å². The zero-order valence-corrected chi connectivity index (χ0v) is 38.0. The zero-order valence-electron chi connectivity index (χ0n) is 37.1. The number of unbranched alkanes of at least 4 members (excludes halogenated alkanes) is 24. The van der Waals surface area contributed by atoms with E-state index < -0.39 is 32.5 Å². The SMILES string of the molecule is CCCCCCCC/C=C\CCCCCCCCCC(=O)OC(COC(=O)CCCCCCC/C=C\CCCCCCCC)COP(=O)([O-])OCC[N+](C)(C)C. The monoisotopic (exact) mass is 814 g/mol. The number of esters is 2. The normalized spacial score (nSPS) is 13.8. The Kier molecular flexibility index (Phi) is 37.9. The van der Waals surface area contributed by atoms with E-state index in [1.165, 1.54) is 109 Å². The molecule has 0 aromatic heterocycles. The highest BCUT2D eigenvalue weighted by atomic mass is 31.2. The van der Waals surface area contributed by atoms with Crippen molar-refractivity contribution < 1.29 is 42.1 Å². The number of phosphoric acid groups is 1. The second kappa shape index (κ2) is 39.0. The molecule has 0 amide bonds. The molecule has 9 nitrogen and oxygen atoms in total. The van der Waals surface area contributed by atoms with Gasteiger partial charge in [-0.1, -0.05) is 154 Å². The predicted octanol–water partition coefficient (Wildman–Crippen LogP) is 12.5. The van der Waals surface area contributed by atoms with Crippen molar-refractivity contribution in [1.29, 1.82) is 0 Å². The first-order valence-corrected chi connectivity index (χ1v) is 24.5. The van der Waals surface area contributed by atoms with Crippen LogP contribution in [0.3, 0.4) is 0 Å². The Labute approximate surface area is 345 Å². The van der Waals surface area contributed by atoms with Gasteiger partial charge in [-0.3, -0.25) is 14.2 Å². The molecule has 0 aliphatic rings. The molecule has 0 saturated carbocycles. The molecular weight excluding hydrogens is 725 g/mol. The number of phosphoric ester groups is 1. The maximum absolute atomic E-state index is 12.7. The molecule has 330 valence electrons. The Hall–Kier alpha value is -1.51. The van der Waals surface area contributed by atoms with E-state index in [4.69, 9.17) is 18.5 Å². The van der Waals surface area contributed by atoms with Gasteiger partial charge in [-0.2, -0.15) is 0 Å². The van der Waals surface area contributed by atoms with Crippen molar-refractivity contribution in [2.24, 2.45) is 0 Å². The number of quaternary nitrogens is 1. The largest absolute Gasteiger partial charge is 0.756 e. The van der Waals surface area contributed by atoms with Crippen LogP contribution < -0.4 is 4.89 Å². The summed E-state index contributed by atoms with van der Waals surface area (Å²) in [6, 6.07) is 0. The van der Waals surface area contributed by atoms with Gasteiger partial charge in [-0.25, -0.2) is 0 Å². The Morgan fingerprint density at radius 1 is 0.536 bits per heavy atom. The maximum atomic E-state index is 12.7. The van der Waals surface area contributed by atoms with Crippen LogP contribution in [-0.4, -0.2) is 70.0 Å². The molecule has 10 heteroatoms. The van der Waals surface area contributed by atoms with E-state index in [1.54, 1.807) is 0 Å². The maximum Gasteiger partial charge on any atom is 0.306 e. The van der Waals surface area contributed by atoms with Crippen molar-refractivity contribution in [3.05, 3.63) is 24.3 Å². The molecule has 0 saturated heterocycles. The number of likely N-dealkylation sites (N-methyl/N-ethyl adjacent to an activating group) is 1. The molecule has 0 aromatic rings. The van der Waals surface area contributed by atoms with Gasteiger partial charge in [-0.05, 0) is 64.2 Å². The number of hydrogen-bond acceptors (Lipinski definition) is 8. The Morgan fingerprint density at radius 2 is 0.911 bits per heavy atom. The summed E-state index contributed by atoms with van der Waals surface area (Å²) in [5, 5.41) is 0. The topological polar surface area (TPSA) is 111 Å². The fraction of sp³-hybridized carbons (Fsp3) is 0.870. The minimum Gasteiger partial charge on any atom is -0.756 e. The third kappa shape index (κ3) is 42.1. The summed E-state index contributed by atoms with van der Waals surface area (Å²) in [7, 11) is 1.16. The van der Waals surface area contributed by atoms with Crippen LogP contribution in [0.5, 0.6) is 0 Å². The summed E-state index contributed by atoms with van der Waals surface area (Å²) in [5.74, 6) is -0.844. The molecule has 2 unspecified atom stereocenters. The summed E-state index contributed by atoms with van der Waals surface area (Å²) < 4.78 is 33.9. The third-order valence-corrected chi connectivity index (χ3v) is 10.9. The zero-order chi connectivity index (χ0) is 41.4. The van der Waals surface area contributed by atoms with Gasteiger partial charge in [0.05, 0.1) is 27.7 Å². The molecule has 0 aromatic carbocycles. The van der Waals surface area contributed by atoms with Crippen molar-refractivity contribution in [3.63, 3.8) is 0 Å². The van der Waals surface area contributed by atoms with Gasteiger partial charge >= 0.3 is 11.9 Å². The van der Waals surface area contributed by atoms with E-state index in [0.717, 1.165) is 64.2 Å². The highest BCUT2D eigenvalue weighted by Gasteiger charge is 2.21. The lowest BCUT2D eigenvalue weighted by atomic mass is 10.1. The van der Waals surface area contributed by atoms with Crippen LogP contribution in [0.15, 0.2) is 24.3 Å². The smallest absolute Gasteiger partial charge is 0.306 e. The number of carbonyl (C=O) groups is 2. The van der Waals surface area contributed by atoms with Gasteiger partial charge in [0.25, 0.3) is 7.82 Å². The summed E-state index contributed by atoms with van der Waals surface area (Å²) in [6.45, 7) is 4.22. The third-order valence-electron chi connectivity index (χ3n) is 9.94. The van der Waals surface area contributed by atoms with E-state index in [0.29, 0.717) is 17.4 Å². The van der Waals surface area contributed by atoms with E-state index in [-0.39, 0.29) is 26.1 Å². The second-order valence-electron chi connectivity index (χ2n) is 16.8. The molecule has 0 N–H and O–H groups in total. The van der Waals surface area contributed by atoms with E-state index >= 15 is 0 Å². The predicted molar refractivity (Wildman–Crippen MR) is 231 cm³/mol. The van der Waals surface area contributed by atoms with Gasteiger partial charge in [0.1, 0.15) is 19.8 Å². The van der Waals surface area contributed by atoms with Crippen LogP contribution >= 0.6 is 7.82 Å². The first-order valence-electron chi connectivity index (χ1n) is 23.0. The number of ether oxygens (including phenoxy) is 2. The first-order chi connectivity index (χ1) is 27.0. The lowest BCUT2D eigenvalue weighted by molar-refractivity contribution is -0.870. The minimum absolute atomic E-state index is 0.0317. The summed E-state index contributed by atoms with van der Waals surface area (Å²) in [6.07, 6.45) is 42.0. The molecule has 0 aliphatic carbocycles. The lowest BCUT2D eigenvalue weighted by Crippen LogP contribution is -2.37. The number of nitrogens with zero attached hydrogens (tertiary/aromatic N) is 1. The highest BCUT2D eigenvalue weighted by molar-refractivity contribution is 7.45. The molecule has 0 heterocycles. The molecule has 0 bridgehead atoms. The van der Waals surface area contributed by atoms with Crippen LogP contribution in [0.4, 0.5) is 0 Å². The Bertz CT molecular complexity index is 1010. The number of rotatable bonds is 42. The van der Waals surface area contributed by atoms with E-state index in [2.05, 4.69) is 38.2 Å². The van der Waals surface area contributed by atoms with Crippen LogP contribution in [-0.2, 0) is 32.7 Å². The fourth-order valence-corrected chi connectivity index (χ4v) is 7.02. The van der Waals surface area contributed by atoms with Gasteiger partial charge in [0.2, 0.25) is 0 Å². The van der Waals surface area contributed by atoms with Gasteiger partial charge in [0.15, 0.2) is 6.10 Å². The number of allylic oxidation sites excluding steroid dienone is 4. The number of hydrogen-bond donors (Lipinski definition) is 0. The average molecular weight is 814 g/mol. The van der Waals surface area contributed by atoms with Crippen LogP contribution in [0, 0.1) is 0 Å². The molecule has 0 radical (unpaired) electrons. The summed E-state index contributed by atoms with van der Waals surface area (Å²) >= 11 is 0. The minimum atomic E-state index is -4.63.